The Morgan fingerprint density at radius 3 is 3.00 bits per heavy atom. The SMILES string of the molecule is COc1ccc(C)c2c1CSCCC2O. The molecule has 1 aromatic carbocycles. The predicted octanol–water partition coefficient (Wildman–Crippen LogP) is 2.67. The number of thioether (sulfide) groups is 1. The molecule has 1 N–H and O–H groups in total. The van der Waals surface area contributed by atoms with Gasteiger partial charge in [-0.1, -0.05) is 6.07 Å². The van der Waals surface area contributed by atoms with Crippen LogP contribution in [0.4, 0.5) is 0 Å². The summed E-state index contributed by atoms with van der Waals surface area (Å²) in [6, 6.07) is 4.02. The van der Waals surface area contributed by atoms with Gasteiger partial charge in [-0.2, -0.15) is 11.8 Å². The van der Waals surface area contributed by atoms with Crippen LogP contribution in [0, 0.1) is 6.92 Å². The summed E-state index contributed by atoms with van der Waals surface area (Å²) in [5, 5.41) is 10.1. The van der Waals surface area contributed by atoms with Crippen molar-refractivity contribution in [1.82, 2.24) is 0 Å². The maximum absolute atomic E-state index is 10.1. The Kier molecular flexibility index (Phi) is 3.22. The molecule has 0 radical (unpaired) electrons. The van der Waals surface area contributed by atoms with Crippen molar-refractivity contribution in [2.45, 2.75) is 25.2 Å². The summed E-state index contributed by atoms with van der Waals surface area (Å²) in [4.78, 5) is 0. The van der Waals surface area contributed by atoms with E-state index in [2.05, 4.69) is 6.92 Å². The third kappa shape index (κ3) is 1.99. The molecule has 2 rings (SSSR count). The monoisotopic (exact) mass is 224 g/mol. The van der Waals surface area contributed by atoms with Gasteiger partial charge in [-0.15, -0.1) is 0 Å². The third-order valence-corrected chi connectivity index (χ3v) is 3.88. The molecule has 0 spiro atoms. The van der Waals surface area contributed by atoms with E-state index in [-0.39, 0.29) is 6.10 Å². The maximum Gasteiger partial charge on any atom is 0.123 e. The van der Waals surface area contributed by atoms with Crippen LogP contribution in [0.2, 0.25) is 0 Å². The summed E-state index contributed by atoms with van der Waals surface area (Å²) in [6.07, 6.45) is 0.510. The first-order valence-electron chi connectivity index (χ1n) is 5.16. The number of hydrogen-bond acceptors (Lipinski definition) is 3. The fourth-order valence-electron chi connectivity index (χ4n) is 2.08. The number of aliphatic hydroxyl groups is 1. The van der Waals surface area contributed by atoms with Gasteiger partial charge >= 0.3 is 0 Å². The summed E-state index contributed by atoms with van der Waals surface area (Å²) in [5.41, 5.74) is 3.42. The summed E-state index contributed by atoms with van der Waals surface area (Å²) in [6.45, 7) is 2.05. The molecule has 0 aliphatic carbocycles. The first-order chi connectivity index (χ1) is 7.24. The van der Waals surface area contributed by atoms with Crippen molar-refractivity contribution in [3.05, 3.63) is 28.8 Å². The molecule has 0 saturated heterocycles. The van der Waals surface area contributed by atoms with Gasteiger partial charge in [0.25, 0.3) is 0 Å². The second-order valence-electron chi connectivity index (χ2n) is 3.83. The zero-order valence-corrected chi connectivity index (χ0v) is 9.93. The minimum absolute atomic E-state index is 0.329. The van der Waals surface area contributed by atoms with Gasteiger partial charge in [0, 0.05) is 11.3 Å². The number of aliphatic hydroxyl groups excluding tert-OH is 1. The van der Waals surface area contributed by atoms with E-state index in [4.69, 9.17) is 4.74 Å². The van der Waals surface area contributed by atoms with Gasteiger partial charge < -0.3 is 9.84 Å². The average molecular weight is 224 g/mol. The number of rotatable bonds is 1. The van der Waals surface area contributed by atoms with E-state index < -0.39 is 0 Å². The number of methoxy groups -OCH3 is 1. The summed E-state index contributed by atoms with van der Waals surface area (Å²) < 4.78 is 5.35. The Morgan fingerprint density at radius 2 is 2.27 bits per heavy atom. The molecule has 1 unspecified atom stereocenters. The summed E-state index contributed by atoms with van der Waals surface area (Å²) in [7, 11) is 1.69. The van der Waals surface area contributed by atoms with Crippen molar-refractivity contribution in [2.75, 3.05) is 12.9 Å². The van der Waals surface area contributed by atoms with E-state index >= 15 is 0 Å². The van der Waals surface area contributed by atoms with Crippen LogP contribution in [0.5, 0.6) is 5.75 Å². The molecule has 2 nitrogen and oxygen atoms in total. The fourth-order valence-corrected chi connectivity index (χ4v) is 3.12. The van der Waals surface area contributed by atoms with Gasteiger partial charge in [0.05, 0.1) is 13.2 Å². The van der Waals surface area contributed by atoms with Crippen LogP contribution in [0.1, 0.15) is 29.2 Å². The molecule has 0 fully saturated rings. The number of hydrogen-bond donors (Lipinski definition) is 1. The molecular weight excluding hydrogens is 208 g/mol. The van der Waals surface area contributed by atoms with Crippen molar-refractivity contribution < 1.29 is 9.84 Å². The molecule has 0 bridgehead atoms. The highest BCUT2D eigenvalue weighted by molar-refractivity contribution is 7.98. The maximum atomic E-state index is 10.1. The fraction of sp³-hybridized carbons (Fsp3) is 0.500. The molecule has 1 aliphatic rings. The number of fused-ring (bicyclic) bond motifs is 1. The predicted molar refractivity (Wildman–Crippen MR) is 63.5 cm³/mol. The average Bonchev–Trinajstić information content (AvgIpc) is 2.42. The van der Waals surface area contributed by atoms with Gasteiger partial charge in [-0.05, 0) is 36.3 Å². The topological polar surface area (TPSA) is 29.5 Å². The number of aryl methyl sites for hydroxylation is 1. The molecule has 0 saturated carbocycles. The Balaban J connectivity index is 2.55. The molecule has 3 heteroatoms. The zero-order valence-electron chi connectivity index (χ0n) is 9.12. The van der Waals surface area contributed by atoms with E-state index in [1.54, 1.807) is 7.11 Å². The van der Waals surface area contributed by atoms with E-state index in [0.717, 1.165) is 29.2 Å². The standard InChI is InChI=1S/C12H16O2S/c1-8-3-4-11(14-2)9-7-15-6-5-10(13)12(8)9/h3-4,10,13H,5-7H2,1-2H3. The van der Waals surface area contributed by atoms with E-state index in [9.17, 15) is 5.11 Å². The minimum Gasteiger partial charge on any atom is -0.496 e. The lowest BCUT2D eigenvalue weighted by Gasteiger charge is -2.17. The first kappa shape index (κ1) is 10.8. The second-order valence-corrected chi connectivity index (χ2v) is 4.94. The first-order valence-corrected chi connectivity index (χ1v) is 6.31. The van der Waals surface area contributed by atoms with Gasteiger partial charge in [-0.25, -0.2) is 0 Å². The van der Waals surface area contributed by atoms with E-state index in [0.29, 0.717) is 0 Å². The molecule has 15 heavy (non-hydrogen) atoms. The largest absolute Gasteiger partial charge is 0.496 e. The van der Waals surface area contributed by atoms with Gasteiger partial charge in [0.2, 0.25) is 0 Å². The lowest BCUT2D eigenvalue weighted by Crippen LogP contribution is -2.04. The molecule has 1 aliphatic heterocycles. The highest BCUT2D eigenvalue weighted by Crippen LogP contribution is 2.37. The Hall–Kier alpha value is -0.670. The summed E-state index contributed by atoms with van der Waals surface area (Å²) >= 11 is 1.86. The molecule has 0 aromatic heterocycles. The number of benzene rings is 1. The molecule has 1 atom stereocenters. The van der Waals surface area contributed by atoms with Crippen LogP contribution in [0.3, 0.4) is 0 Å². The van der Waals surface area contributed by atoms with Crippen molar-refractivity contribution in [2.24, 2.45) is 0 Å². The molecule has 0 amide bonds. The van der Waals surface area contributed by atoms with Crippen molar-refractivity contribution in [3.63, 3.8) is 0 Å². The van der Waals surface area contributed by atoms with E-state index in [1.165, 1.54) is 11.1 Å². The van der Waals surface area contributed by atoms with Gasteiger partial charge in [-0.3, -0.25) is 0 Å². The lowest BCUT2D eigenvalue weighted by atomic mass is 9.96. The number of ether oxygens (including phenoxy) is 1. The van der Waals surface area contributed by atoms with Gasteiger partial charge in [0.15, 0.2) is 0 Å². The summed E-state index contributed by atoms with van der Waals surface area (Å²) in [5.74, 6) is 2.86. The Morgan fingerprint density at radius 1 is 1.47 bits per heavy atom. The molecule has 1 aromatic rings. The lowest BCUT2D eigenvalue weighted by molar-refractivity contribution is 0.174. The van der Waals surface area contributed by atoms with Crippen LogP contribution >= 0.6 is 11.8 Å². The normalized spacial score (nSPS) is 20.6. The van der Waals surface area contributed by atoms with Crippen LogP contribution in [-0.2, 0) is 5.75 Å². The van der Waals surface area contributed by atoms with Gasteiger partial charge in [0.1, 0.15) is 5.75 Å². The second kappa shape index (κ2) is 4.45. The van der Waals surface area contributed by atoms with Crippen molar-refractivity contribution in [1.29, 1.82) is 0 Å². The third-order valence-electron chi connectivity index (χ3n) is 2.87. The van der Waals surface area contributed by atoms with Crippen LogP contribution in [0.25, 0.3) is 0 Å². The van der Waals surface area contributed by atoms with E-state index in [1.807, 2.05) is 23.9 Å². The molecule has 82 valence electrons. The van der Waals surface area contributed by atoms with Crippen LogP contribution < -0.4 is 4.74 Å². The molecular formula is C12H16O2S. The van der Waals surface area contributed by atoms with Crippen molar-refractivity contribution >= 4 is 11.8 Å². The van der Waals surface area contributed by atoms with Crippen LogP contribution in [-0.4, -0.2) is 18.0 Å². The zero-order chi connectivity index (χ0) is 10.8. The molecule has 1 heterocycles. The minimum atomic E-state index is -0.329. The van der Waals surface area contributed by atoms with Crippen LogP contribution in [0.15, 0.2) is 12.1 Å². The van der Waals surface area contributed by atoms with Crippen molar-refractivity contribution in [3.8, 4) is 5.75 Å². The Bertz CT molecular complexity index is 363. The smallest absolute Gasteiger partial charge is 0.123 e. The quantitative estimate of drug-likeness (QED) is 0.795. The highest BCUT2D eigenvalue weighted by Gasteiger charge is 2.21. The highest BCUT2D eigenvalue weighted by atomic mass is 32.2. The Labute approximate surface area is 94.6 Å².